The van der Waals surface area contributed by atoms with E-state index in [2.05, 4.69) is 0 Å². The Morgan fingerprint density at radius 2 is 1.92 bits per heavy atom. The molecule has 0 heterocycles. The summed E-state index contributed by atoms with van der Waals surface area (Å²) in [6.45, 7) is 5.46. The molecule has 0 aliphatic rings. The first kappa shape index (κ1) is 11.1. The van der Waals surface area contributed by atoms with Crippen LogP contribution in [-0.4, -0.2) is 18.4 Å². The molecule has 0 aromatic rings. The Kier molecular flexibility index (Phi) is 5.34. The van der Waals surface area contributed by atoms with Crippen molar-refractivity contribution in [3.8, 4) is 0 Å². The van der Waals surface area contributed by atoms with Crippen molar-refractivity contribution >= 4 is 11.8 Å². The summed E-state index contributed by atoms with van der Waals surface area (Å²) in [5, 5.41) is 0. The van der Waals surface area contributed by atoms with Crippen molar-refractivity contribution in [3.63, 3.8) is 0 Å². The lowest BCUT2D eigenvalue weighted by Crippen LogP contribution is -2.12. The minimum Gasteiger partial charge on any atom is -0.465 e. The molecule has 0 N–H and O–H groups in total. The predicted octanol–water partition coefficient (Wildman–Crippen LogP) is 1.55. The highest BCUT2D eigenvalue weighted by Crippen LogP contribution is 1.98. The van der Waals surface area contributed by atoms with Crippen LogP contribution in [0.5, 0.6) is 0 Å². The molecule has 0 aromatic carbocycles. The molecule has 0 atom stereocenters. The lowest BCUT2D eigenvalue weighted by atomic mass is 10.2. The van der Waals surface area contributed by atoms with Crippen LogP contribution in [-0.2, 0) is 14.3 Å². The van der Waals surface area contributed by atoms with Gasteiger partial charge in [-0.05, 0) is 13.3 Å². The first-order valence-corrected chi connectivity index (χ1v) is 4.20. The van der Waals surface area contributed by atoms with Crippen LogP contribution >= 0.6 is 0 Å². The molecule has 0 aromatic heterocycles. The molecule has 0 aliphatic carbocycles. The van der Waals surface area contributed by atoms with Crippen LogP contribution in [0.15, 0.2) is 0 Å². The van der Waals surface area contributed by atoms with Crippen LogP contribution in [0.4, 0.5) is 0 Å². The van der Waals surface area contributed by atoms with E-state index in [0.29, 0.717) is 19.4 Å². The molecule has 70 valence electrons. The topological polar surface area (TPSA) is 43.4 Å². The third-order valence-corrected chi connectivity index (χ3v) is 1.39. The Labute approximate surface area is 73.1 Å². The third kappa shape index (κ3) is 5.89. The first-order valence-electron chi connectivity index (χ1n) is 4.20. The zero-order valence-corrected chi connectivity index (χ0v) is 7.92. The number of carbonyl (C=O) groups is 2. The molecule has 0 amide bonds. The van der Waals surface area contributed by atoms with E-state index in [9.17, 15) is 9.59 Å². The number of hydrogen-bond donors (Lipinski definition) is 0. The molecule has 0 aliphatic heterocycles. The monoisotopic (exact) mass is 172 g/mol. The number of ketones is 1. The molecule has 12 heavy (non-hydrogen) atoms. The summed E-state index contributed by atoms with van der Waals surface area (Å²) < 4.78 is 4.86. The minimum absolute atomic E-state index is 0.0812. The van der Waals surface area contributed by atoms with E-state index < -0.39 is 0 Å². The van der Waals surface area contributed by atoms with Gasteiger partial charge in [0, 0.05) is 6.42 Å². The van der Waals surface area contributed by atoms with Gasteiger partial charge in [0.2, 0.25) is 0 Å². The van der Waals surface area contributed by atoms with E-state index >= 15 is 0 Å². The van der Waals surface area contributed by atoms with Gasteiger partial charge in [0.05, 0.1) is 12.5 Å². The van der Waals surface area contributed by atoms with Gasteiger partial charge in [0.1, 0.15) is 5.78 Å². The maximum absolute atomic E-state index is 10.9. The van der Waals surface area contributed by atoms with E-state index in [-0.39, 0.29) is 17.7 Å². The van der Waals surface area contributed by atoms with Gasteiger partial charge in [-0.15, -0.1) is 0 Å². The van der Waals surface area contributed by atoms with Gasteiger partial charge in [-0.2, -0.15) is 0 Å². The summed E-state index contributed by atoms with van der Waals surface area (Å²) in [4.78, 5) is 21.4. The second-order valence-electron chi connectivity index (χ2n) is 3.13. The van der Waals surface area contributed by atoms with Crippen molar-refractivity contribution < 1.29 is 14.3 Å². The number of esters is 1. The molecular formula is C9H16O3. The van der Waals surface area contributed by atoms with E-state index in [0.717, 1.165) is 0 Å². The van der Waals surface area contributed by atoms with Gasteiger partial charge in [0.25, 0.3) is 0 Å². The second-order valence-corrected chi connectivity index (χ2v) is 3.13. The average molecular weight is 172 g/mol. The van der Waals surface area contributed by atoms with Crippen LogP contribution in [0.2, 0.25) is 0 Å². The van der Waals surface area contributed by atoms with Crippen molar-refractivity contribution in [3.05, 3.63) is 0 Å². The Morgan fingerprint density at radius 3 is 2.33 bits per heavy atom. The molecule has 0 spiro atoms. The predicted molar refractivity (Wildman–Crippen MR) is 45.7 cm³/mol. The van der Waals surface area contributed by atoms with Crippen molar-refractivity contribution in [1.29, 1.82) is 0 Å². The molecule has 0 saturated heterocycles. The summed E-state index contributed by atoms with van der Waals surface area (Å²) in [7, 11) is 0. The first-order chi connectivity index (χ1) is 5.54. The van der Waals surface area contributed by atoms with Crippen molar-refractivity contribution in [2.45, 2.75) is 33.6 Å². The van der Waals surface area contributed by atoms with Crippen LogP contribution < -0.4 is 0 Å². The molecule has 0 fully saturated rings. The Morgan fingerprint density at radius 1 is 1.33 bits per heavy atom. The molecule has 0 unspecified atom stereocenters. The maximum Gasteiger partial charge on any atom is 0.308 e. The van der Waals surface area contributed by atoms with Crippen molar-refractivity contribution in [1.82, 2.24) is 0 Å². The fourth-order valence-electron chi connectivity index (χ4n) is 0.661. The fourth-order valence-corrected chi connectivity index (χ4v) is 0.661. The smallest absolute Gasteiger partial charge is 0.308 e. The van der Waals surface area contributed by atoms with E-state index in [1.54, 1.807) is 13.8 Å². The third-order valence-electron chi connectivity index (χ3n) is 1.39. The molecule has 0 rings (SSSR count). The highest BCUT2D eigenvalue weighted by atomic mass is 16.5. The van der Waals surface area contributed by atoms with Crippen LogP contribution in [0.1, 0.15) is 33.6 Å². The molecule has 3 nitrogen and oxygen atoms in total. The maximum atomic E-state index is 10.9. The SMILES string of the molecule is CC(=O)CCCOC(=O)C(C)C. The zero-order chi connectivity index (χ0) is 9.56. The van der Waals surface area contributed by atoms with Gasteiger partial charge in [-0.25, -0.2) is 0 Å². The summed E-state index contributed by atoms with van der Waals surface area (Å²) in [5.74, 6) is -0.142. The molecule has 0 radical (unpaired) electrons. The summed E-state index contributed by atoms with van der Waals surface area (Å²) in [5.41, 5.74) is 0. The number of ether oxygens (including phenoxy) is 1. The Bertz CT molecular complexity index is 161. The number of carbonyl (C=O) groups excluding carboxylic acids is 2. The molecule has 0 bridgehead atoms. The van der Waals surface area contributed by atoms with Gasteiger partial charge < -0.3 is 9.53 Å². The van der Waals surface area contributed by atoms with E-state index in [4.69, 9.17) is 4.74 Å². The molecule has 3 heteroatoms. The standard InChI is InChI=1S/C9H16O3/c1-7(2)9(11)12-6-4-5-8(3)10/h7H,4-6H2,1-3H3. The largest absolute Gasteiger partial charge is 0.465 e. The lowest BCUT2D eigenvalue weighted by Gasteiger charge is -2.05. The highest BCUT2D eigenvalue weighted by molar-refractivity contribution is 5.75. The quantitative estimate of drug-likeness (QED) is 0.467. The van der Waals surface area contributed by atoms with Gasteiger partial charge in [-0.1, -0.05) is 13.8 Å². The highest BCUT2D eigenvalue weighted by Gasteiger charge is 2.07. The van der Waals surface area contributed by atoms with Crippen LogP contribution in [0.25, 0.3) is 0 Å². The minimum atomic E-state index is -0.196. The van der Waals surface area contributed by atoms with Gasteiger partial charge in [0.15, 0.2) is 0 Å². The fraction of sp³-hybridized carbons (Fsp3) is 0.778. The van der Waals surface area contributed by atoms with Gasteiger partial charge in [-0.3, -0.25) is 4.79 Å². The van der Waals surface area contributed by atoms with E-state index in [1.165, 1.54) is 6.92 Å². The van der Waals surface area contributed by atoms with E-state index in [1.807, 2.05) is 0 Å². The van der Waals surface area contributed by atoms with Crippen molar-refractivity contribution in [2.75, 3.05) is 6.61 Å². The normalized spacial score (nSPS) is 10.0. The van der Waals surface area contributed by atoms with Gasteiger partial charge >= 0.3 is 5.97 Å². The zero-order valence-electron chi connectivity index (χ0n) is 7.92. The van der Waals surface area contributed by atoms with Crippen LogP contribution in [0, 0.1) is 5.92 Å². The second kappa shape index (κ2) is 5.75. The van der Waals surface area contributed by atoms with Crippen molar-refractivity contribution in [2.24, 2.45) is 5.92 Å². The number of hydrogen-bond acceptors (Lipinski definition) is 3. The Balaban J connectivity index is 3.32. The average Bonchev–Trinajstić information content (AvgIpc) is 1.97. The summed E-state index contributed by atoms with van der Waals surface area (Å²) >= 11 is 0. The van der Waals surface area contributed by atoms with Crippen LogP contribution in [0.3, 0.4) is 0 Å². The molecule has 0 saturated carbocycles. The Hall–Kier alpha value is -0.860. The number of rotatable bonds is 5. The summed E-state index contributed by atoms with van der Waals surface area (Å²) in [6.07, 6.45) is 1.12. The number of Topliss-reactive ketones (excluding diaryl/α,β-unsaturated/α-hetero) is 1. The lowest BCUT2D eigenvalue weighted by molar-refractivity contribution is -0.147. The molecular weight excluding hydrogens is 156 g/mol. The summed E-state index contributed by atoms with van der Waals surface area (Å²) in [6, 6.07) is 0.